The van der Waals surface area contributed by atoms with E-state index in [0.717, 1.165) is 23.7 Å². The lowest BCUT2D eigenvalue weighted by Crippen LogP contribution is -2.42. The summed E-state index contributed by atoms with van der Waals surface area (Å²) in [7, 11) is 0. The molecule has 1 atom stereocenters. The van der Waals surface area contributed by atoms with Crippen LogP contribution < -0.4 is 5.32 Å². The van der Waals surface area contributed by atoms with Crippen LogP contribution in [0.4, 0.5) is 0 Å². The van der Waals surface area contributed by atoms with Crippen LogP contribution in [0.2, 0.25) is 0 Å². The third-order valence-electron chi connectivity index (χ3n) is 2.41. The van der Waals surface area contributed by atoms with Crippen molar-refractivity contribution in [2.75, 3.05) is 5.88 Å². The second-order valence-corrected chi connectivity index (χ2v) is 4.99. The van der Waals surface area contributed by atoms with E-state index in [0.29, 0.717) is 5.88 Å². The van der Waals surface area contributed by atoms with Gasteiger partial charge in [-0.05, 0) is 20.3 Å². The SMILES string of the molecule is CCC(C)(CCl)NCc1nc(C)cs1. The molecule has 0 aliphatic rings. The van der Waals surface area contributed by atoms with Crippen LogP contribution in [-0.4, -0.2) is 16.4 Å². The molecule has 0 aromatic carbocycles. The molecule has 0 saturated carbocycles. The second-order valence-electron chi connectivity index (χ2n) is 3.78. The smallest absolute Gasteiger partial charge is 0.107 e. The van der Waals surface area contributed by atoms with E-state index in [1.165, 1.54) is 0 Å². The number of halogens is 1. The van der Waals surface area contributed by atoms with E-state index in [9.17, 15) is 0 Å². The monoisotopic (exact) mass is 232 g/mol. The molecule has 2 nitrogen and oxygen atoms in total. The van der Waals surface area contributed by atoms with Gasteiger partial charge in [-0.3, -0.25) is 0 Å². The molecule has 0 radical (unpaired) electrons. The van der Waals surface area contributed by atoms with E-state index >= 15 is 0 Å². The van der Waals surface area contributed by atoms with Crippen molar-refractivity contribution in [3.63, 3.8) is 0 Å². The van der Waals surface area contributed by atoms with Crippen LogP contribution in [0.15, 0.2) is 5.38 Å². The Balaban J connectivity index is 2.47. The molecule has 1 unspecified atom stereocenters. The average molecular weight is 233 g/mol. The van der Waals surface area contributed by atoms with Gasteiger partial charge in [0.25, 0.3) is 0 Å². The number of aryl methyl sites for hydroxylation is 1. The summed E-state index contributed by atoms with van der Waals surface area (Å²) in [5.41, 5.74) is 1.12. The van der Waals surface area contributed by atoms with E-state index in [2.05, 4.69) is 29.5 Å². The van der Waals surface area contributed by atoms with E-state index in [-0.39, 0.29) is 5.54 Å². The fourth-order valence-corrected chi connectivity index (χ4v) is 2.03. The first-order chi connectivity index (χ1) is 6.59. The zero-order valence-corrected chi connectivity index (χ0v) is 10.5. The quantitative estimate of drug-likeness (QED) is 0.790. The first kappa shape index (κ1) is 12.0. The Morgan fingerprint density at radius 1 is 1.64 bits per heavy atom. The lowest BCUT2D eigenvalue weighted by molar-refractivity contribution is 0.379. The summed E-state index contributed by atoms with van der Waals surface area (Å²) in [5, 5.41) is 6.64. The fourth-order valence-electron chi connectivity index (χ4n) is 1.04. The molecule has 0 spiro atoms. The minimum atomic E-state index is 0.0289. The summed E-state index contributed by atoms with van der Waals surface area (Å²) in [4.78, 5) is 4.40. The van der Waals surface area contributed by atoms with E-state index < -0.39 is 0 Å². The van der Waals surface area contributed by atoms with Crippen LogP contribution in [0.25, 0.3) is 0 Å². The average Bonchev–Trinajstić information content (AvgIpc) is 2.61. The number of hydrogen-bond acceptors (Lipinski definition) is 3. The number of nitrogens with zero attached hydrogens (tertiary/aromatic N) is 1. The van der Waals surface area contributed by atoms with Gasteiger partial charge in [0, 0.05) is 29.0 Å². The van der Waals surface area contributed by atoms with Crippen LogP contribution in [0.3, 0.4) is 0 Å². The third kappa shape index (κ3) is 3.23. The largest absolute Gasteiger partial charge is 0.304 e. The molecule has 1 aromatic rings. The van der Waals surface area contributed by atoms with Crippen molar-refractivity contribution in [3.8, 4) is 0 Å². The number of nitrogens with one attached hydrogen (secondary N) is 1. The number of hydrogen-bond donors (Lipinski definition) is 1. The highest BCUT2D eigenvalue weighted by molar-refractivity contribution is 7.09. The zero-order valence-electron chi connectivity index (χ0n) is 8.93. The van der Waals surface area contributed by atoms with Crippen molar-refractivity contribution in [3.05, 3.63) is 16.1 Å². The van der Waals surface area contributed by atoms with Gasteiger partial charge in [-0.25, -0.2) is 4.98 Å². The van der Waals surface area contributed by atoms with Gasteiger partial charge < -0.3 is 5.32 Å². The van der Waals surface area contributed by atoms with Crippen LogP contribution in [0.5, 0.6) is 0 Å². The summed E-state index contributed by atoms with van der Waals surface area (Å²) in [6, 6.07) is 0. The van der Waals surface area contributed by atoms with Gasteiger partial charge in [-0.1, -0.05) is 6.92 Å². The molecule has 0 saturated heterocycles. The highest BCUT2D eigenvalue weighted by Gasteiger charge is 2.19. The minimum Gasteiger partial charge on any atom is -0.304 e. The van der Waals surface area contributed by atoms with Gasteiger partial charge in [0.05, 0.1) is 0 Å². The Hall–Kier alpha value is -0.120. The van der Waals surface area contributed by atoms with Crippen molar-refractivity contribution in [1.82, 2.24) is 10.3 Å². The van der Waals surface area contributed by atoms with E-state index in [1.54, 1.807) is 11.3 Å². The Morgan fingerprint density at radius 2 is 2.36 bits per heavy atom. The molecular weight excluding hydrogens is 216 g/mol. The molecule has 1 aromatic heterocycles. The lowest BCUT2D eigenvalue weighted by atomic mass is 10.0. The topological polar surface area (TPSA) is 24.9 Å². The van der Waals surface area contributed by atoms with Crippen LogP contribution >= 0.6 is 22.9 Å². The third-order valence-corrected chi connectivity index (χ3v) is 3.96. The molecular formula is C10H17ClN2S. The standard InChI is InChI=1S/C10H17ClN2S/c1-4-10(3,7-11)12-5-9-13-8(2)6-14-9/h6,12H,4-5,7H2,1-3H3. The fraction of sp³-hybridized carbons (Fsp3) is 0.700. The Kier molecular flexibility index (Phi) is 4.35. The maximum atomic E-state index is 5.90. The summed E-state index contributed by atoms with van der Waals surface area (Å²) in [6.07, 6.45) is 1.03. The highest BCUT2D eigenvalue weighted by atomic mass is 35.5. The molecule has 1 rings (SSSR count). The number of alkyl halides is 1. The predicted molar refractivity (Wildman–Crippen MR) is 63.1 cm³/mol. The normalized spacial score (nSPS) is 15.4. The molecule has 80 valence electrons. The van der Waals surface area contributed by atoms with Gasteiger partial charge in [-0.2, -0.15) is 0 Å². The molecule has 0 aliphatic carbocycles. The molecule has 1 N–H and O–H groups in total. The number of aromatic nitrogens is 1. The molecule has 14 heavy (non-hydrogen) atoms. The second kappa shape index (κ2) is 5.10. The van der Waals surface area contributed by atoms with Gasteiger partial charge in [0.15, 0.2) is 0 Å². The minimum absolute atomic E-state index is 0.0289. The zero-order chi connectivity index (χ0) is 10.6. The van der Waals surface area contributed by atoms with Crippen molar-refractivity contribution >= 4 is 22.9 Å². The molecule has 4 heteroatoms. The van der Waals surface area contributed by atoms with Crippen molar-refractivity contribution in [2.45, 2.75) is 39.3 Å². The van der Waals surface area contributed by atoms with Gasteiger partial charge >= 0.3 is 0 Å². The molecule has 1 heterocycles. The molecule has 0 amide bonds. The summed E-state index contributed by atoms with van der Waals surface area (Å²) >= 11 is 7.60. The van der Waals surface area contributed by atoms with Gasteiger partial charge in [0.1, 0.15) is 5.01 Å². The summed E-state index contributed by atoms with van der Waals surface area (Å²) < 4.78 is 0. The maximum Gasteiger partial charge on any atom is 0.107 e. The van der Waals surface area contributed by atoms with Crippen LogP contribution in [0.1, 0.15) is 31.0 Å². The first-order valence-corrected chi connectivity index (χ1v) is 6.23. The van der Waals surface area contributed by atoms with Gasteiger partial charge in [-0.15, -0.1) is 22.9 Å². The van der Waals surface area contributed by atoms with Crippen LogP contribution in [-0.2, 0) is 6.54 Å². The van der Waals surface area contributed by atoms with Crippen molar-refractivity contribution in [2.24, 2.45) is 0 Å². The van der Waals surface area contributed by atoms with Crippen molar-refractivity contribution in [1.29, 1.82) is 0 Å². The summed E-state index contributed by atoms with van der Waals surface area (Å²) in [6.45, 7) is 7.11. The molecule has 0 bridgehead atoms. The van der Waals surface area contributed by atoms with Gasteiger partial charge in [0.2, 0.25) is 0 Å². The maximum absolute atomic E-state index is 5.90. The highest BCUT2D eigenvalue weighted by Crippen LogP contribution is 2.14. The Bertz CT molecular complexity index is 281. The molecule has 0 fully saturated rings. The summed E-state index contributed by atoms with van der Waals surface area (Å²) in [5.74, 6) is 0.633. The molecule has 0 aliphatic heterocycles. The Labute approximate surface area is 94.7 Å². The van der Waals surface area contributed by atoms with Crippen molar-refractivity contribution < 1.29 is 0 Å². The predicted octanol–water partition coefficient (Wildman–Crippen LogP) is 2.95. The number of thiazole rings is 1. The van der Waals surface area contributed by atoms with E-state index in [1.807, 2.05) is 6.92 Å². The number of rotatable bonds is 5. The first-order valence-electron chi connectivity index (χ1n) is 4.81. The Morgan fingerprint density at radius 3 is 2.79 bits per heavy atom. The van der Waals surface area contributed by atoms with Crippen LogP contribution in [0, 0.1) is 6.92 Å². The van der Waals surface area contributed by atoms with E-state index in [4.69, 9.17) is 11.6 Å². The lowest BCUT2D eigenvalue weighted by Gasteiger charge is -2.26.